The Balaban J connectivity index is 2.20. The van der Waals surface area contributed by atoms with Crippen LogP contribution in [0, 0.1) is 0 Å². The predicted octanol–water partition coefficient (Wildman–Crippen LogP) is 4.51. The summed E-state index contributed by atoms with van der Waals surface area (Å²) in [6.07, 6.45) is 1.76. The van der Waals surface area contributed by atoms with Crippen LogP contribution in [-0.4, -0.2) is 10.9 Å². The summed E-state index contributed by atoms with van der Waals surface area (Å²) in [5.74, 6) is -0.108. The van der Waals surface area contributed by atoms with E-state index in [1.165, 1.54) is 6.92 Å². The van der Waals surface area contributed by atoms with Crippen LogP contribution in [0.5, 0.6) is 0 Å². The summed E-state index contributed by atoms with van der Waals surface area (Å²) in [6, 6.07) is 15.3. The Kier molecular flexibility index (Phi) is 3.59. The molecule has 21 heavy (non-hydrogen) atoms. The zero-order valence-corrected chi connectivity index (χ0v) is 12.2. The Hall–Kier alpha value is -2.39. The molecule has 2 aromatic carbocycles. The monoisotopic (exact) mass is 296 g/mol. The Morgan fingerprint density at radius 3 is 2.71 bits per heavy atom. The molecule has 1 N–H and O–H groups in total. The van der Waals surface area contributed by atoms with Crippen molar-refractivity contribution in [2.24, 2.45) is 0 Å². The van der Waals surface area contributed by atoms with Crippen molar-refractivity contribution in [1.29, 1.82) is 0 Å². The molecule has 0 radical (unpaired) electrons. The van der Waals surface area contributed by atoms with Crippen LogP contribution < -0.4 is 5.32 Å². The van der Waals surface area contributed by atoms with Gasteiger partial charge in [-0.3, -0.25) is 9.78 Å². The number of halogens is 1. The van der Waals surface area contributed by atoms with E-state index in [9.17, 15) is 4.79 Å². The van der Waals surface area contributed by atoms with Gasteiger partial charge in [0, 0.05) is 34.8 Å². The number of hydrogen-bond acceptors (Lipinski definition) is 2. The van der Waals surface area contributed by atoms with Gasteiger partial charge in [-0.2, -0.15) is 0 Å². The van der Waals surface area contributed by atoms with Crippen molar-refractivity contribution in [3.63, 3.8) is 0 Å². The van der Waals surface area contributed by atoms with Crippen molar-refractivity contribution in [1.82, 2.24) is 4.98 Å². The van der Waals surface area contributed by atoms with Crippen LogP contribution in [0.2, 0.25) is 5.02 Å². The molecular formula is C17H13ClN2O. The molecular weight excluding hydrogens is 284 g/mol. The highest BCUT2D eigenvalue weighted by Crippen LogP contribution is 2.34. The summed E-state index contributed by atoms with van der Waals surface area (Å²) < 4.78 is 0. The van der Waals surface area contributed by atoms with Gasteiger partial charge in [0.15, 0.2) is 0 Å². The summed E-state index contributed by atoms with van der Waals surface area (Å²) >= 11 is 6.33. The molecule has 0 bridgehead atoms. The molecule has 3 nitrogen and oxygen atoms in total. The van der Waals surface area contributed by atoms with E-state index in [1.54, 1.807) is 18.3 Å². The minimum Gasteiger partial charge on any atom is -0.326 e. The van der Waals surface area contributed by atoms with E-state index in [0.29, 0.717) is 5.02 Å². The molecule has 1 heterocycles. The van der Waals surface area contributed by atoms with Gasteiger partial charge in [0.2, 0.25) is 5.91 Å². The Morgan fingerprint density at radius 2 is 1.90 bits per heavy atom. The second kappa shape index (κ2) is 5.54. The maximum atomic E-state index is 11.2. The van der Waals surface area contributed by atoms with Gasteiger partial charge in [0.1, 0.15) is 0 Å². The Bertz CT molecular complexity index is 825. The van der Waals surface area contributed by atoms with Gasteiger partial charge in [-0.1, -0.05) is 29.8 Å². The number of aromatic nitrogens is 1. The van der Waals surface area contributed by atoms with Crippen LogP contribution in [0.25, 0.3) is 22.0 Å². The number of pyridine rings is 1. The smallest absolute Gasteiger partial charge is 0.221 e. The van der Waals surface area contributed by atoms with Crippen LogP contribution in [-0.2, 0) is 4.79 Å². The zero-order valence-electron chi connectivity index (χ0n) is 11.4. The molecule has 4 heteroatoms. The number of nitrogens with one attached hydrogen (secondary N) is 1. The van der Waals surface area contributed by atoms with Crippen molar-refractivity contribution in [2.45, 2.75) is 6.92 Å². The van der Waals surface area contributed by atoms with E-state index >= 15 is 0 Å². The lowest BCUT2D eigenvalue weighted by Crippen LogP contribution is -2.05. The zero-order chi connectivity index (χ0) is 14.8. The number of amides is 1. The van der Waals surface area contributed by atoms with Crippen LogP contribution in [0.4, 0.5) is 5.69 Å². The number of benzene rings is 2. The number of para-hydroxylation sites is 1. The second-order valence-electron chi connectivity index (χ2n) is 4.75. The molecule has 0 aliphatic rings. The lowest BCUT2D eigenvalue weighted by atomic mass is 10.0. The largest absolute Gasteiger partial charge is 0.326 e. The number of rotatable bonds is 2. The molecule has 0 unspecified atom stereocenters. The fraction of sp³-hybridized carbons (Fsp3) is 0.0588. The molecule has 0 spiro atoms. The van der Waals surface area contributed by atoms with Crippen LogP contribution in [0.15, 0.2) is 54.7 Å². The summed E-state index contributed by atoms with van der Waals surface area (Å²) in [5, 5.41) is 4.45. The maximum Gasteiger partial charge on any atom is 0.221 e. The van der Waals surface area contributed by atoms with Gasteiger partial charge in [-0.05, 0) is 35.9 Å². The number of anilines is 1. The van der Waals surface area contributed by atoms with E-state index in [4.69, 9.17) is 11.6 Å². The number of fused-ring (bicyclic) bond motifs is 1. The minimum absolute atomic E-state index is 0.108. The normalized spacial score (nSPS) is 10.6. The third-order valence-corrected chi connectivity index (χ3v) is 3.56. The van der Waals surface area contributed by atoms with Gasteiger partial charge in [-0.25, -0.2) is 0 Å². The summed E-state index contributed by atoms with van der Waals surface area (Å²) in [4.78, 5) is 15.6. The molecule has 0 fully saturated rings. The topological polar surface area (TPSA) is 42.0 Å². The average Bonchev–Trinajstić information content (AvgIpc) is 2.48. The van der Waals surface area contributed by atoms with Crippen LogP contribution >= 0.6 is 11.6 Å². The molecule has 0 atom stereocenters. The molecule has 3 rings (SSSR count). The summed E-state index contributed by atoms with van der Waals surface area (Å²) in [5.41, 5.74) is 3.51. The SMILES string of the molecule is CC(=O)Nc1ccc(Cl)c(-c2ccnc3ccccc23)c1. The summed E-state index contributed by atoms with van der Waals surface area (Å²) in [6.45, 7) is 1.48. The van der Waals surface area contributed by atoms with E-state index < -0.39 is 0 Å². The van der Waals surface area contributed by atoms with Crippen LogP contribution in [0.1, 0.15) is 6.92 Å². The van der Waals surface area contributed by atoms with Crippen molar-refractivity contribution in [3.05, 3.63) is 59.8 Å². The summed E-state index contributed by atoms with van der Waals surface area (Å²) in [7, 11) is 0. The number of carbonyl (C=O) groups excluding carboxylic acids is 1. The van der Waals surface area contributed by atoms with Gasteiger partial charge in [-0.15, -0.1) is 0 Å². The quantitative estimate of drug-likeness (QED) is 0.756. The average molecular weight is 297 g/mol. The first-order valence-electron chi connectivity index (χ1n) is 6.56. The van der Waals surface area contributed by atoms with Crippen molar-refractivity contribution < 1.29 is 4.79 Å². The fourth-order valence-electron chi connectivity index (χ4n) is 2.34. The standard InChI is InChI=1S/C17H13ClN2O/c1-11(21)20-12-6-7-16(18)15(10-12)13-8-9-19-17-5-3-2-4-14(13)17/h2-10H,1H3,(H,20,21). The highest BCUT2D eigenvalue weighted by Gasteiger charge is 2.09. The third kappa shape index (κ3) is 2.73. The van der Waals surface area contributed by atoms with Crippen molar-refractivity contribution in [2.75, 3.05) is 5.32 Å². The highest BCUT2D eigenvalue weighted by molar-refractivity contribution is 6.34. The maximum absolute atomic E-state index is 11.2. The van der Waals surface area contributed by atoms with E-state index in [2.05, 4.69) is 10.3 Å². The molecule has 0 saturated heterocycles. The third-order valence-electron chi connectivity index (χ3n) is 3.23. The van der Waals surface area contributed by atoms with Crippen molar-refractivity contribution in [3.8, 4) is 11.1 Å². The van der Waals surface area contributed by atoms with Crippen LogP contribution in [0.3, 0.4) is 0 Å². The van der Waals surface area contributed by atoms with E-state index in [0.717, 1.165) is 27.7 Å². The second-order valence-corrected chi connectivity index (χ2v) is 5.16. The first-order valence-corrected chi connectivity index (χ1v) is 6.94. The lowest BCUT2D eigenvalue weighted by Gasteiger charge is -2.10. The first-order chi connectivity index (χ1) is 10.1. The minimum atomic E-state index is -0.108. The number of hydrogen-bond donors (Lipinski definition) is 1. The molecule has 1 aromatic heterocycles. The molecule has 0 aliphatic carbocycles. The lowest BCUT2D eigenvalue weighted by molar-refractivity contribution is -0.114. The molecule has 104 valence electrons. The Labute approximate surface area is 127 Å². The van der Waals surface area contributed by atoms with Gasteiger partial charge >= 0.3 is 0 Å². The highest BCUT2D eigenvalue weighted by atomic mass is 35.5. The molecule has 0 saturated carbocycles. The molecule has 3 aromatic rings. The fourth-order valence-corrected chi connectivity index (χ4v) is 2.56. The van der Waals surface area contributed by atoms with Crippen molar-refractivity contribution >= 4 is 34.1 Å². The first kappa shape index (κ1) is 13.6. The van der Waals surface area contributed by atoms with Gasteiger partial charge < -0.3 is 5.32 Å². The van der Waals surface area contributed by atoms with Gasteiger partial charge in [0.05, 0.1) is 5.52 Å². The molecule has 1 amide bonds. The van der Waals surface area contributed by atoms with E-state index in [-0.39, 0.29) is 5.91 Å². The number of nitrogens with zero attached hydrogens (tertiary/aromatic N) is 1. The Morgan fingerprint density at radius 1 is 1.10 bits per heavy atom. The predicted molar refractivity (Wildman–Crippen MR) is 86.5 cm³/mol. The molecule has 0 aliphatic heterocycles. The number of carbonyl (C=O) groups is 1. The van der Waals surface area contributed by atoms with Gasteiger partial charge in [0.25, 0.3) is 0 Å². The van der Waals surface area contributed by atoms with E-state index in [1.807, 2.05) is 36.4 Å².